The number of amides is 2. The van der Waals surface area contributed by atoms with Gasteiger partial charge in [-0.2, -0.15) is 0 Å². The predicted octanol–water partition coefficient (Wildman–Crippen LogP) is 2.34. The maximum atomic E-state index is 13.3. The number of carbonyl (C=O) groups excluding carboxylic acids is 1. The molecule has 1 aromatic rings. The lowest BCUT2D eigenvalue weighted by molar-refractivity contribution is -0.146. The van der Waals surface area contributed by atoms with E-state index in [-0.39, 0.29) is 6.54 Å². The molecule has 8 heteroatoms. The first-order valence-electron chi connectivity index (χ1n) is 5.56. The highest BCUT2D eigenvalue weighted by Crippen LogP contribution is 2.19. The molecule has 0 spiro atoms. The average Bonchev–Trinajstić information content (AvgIpc) is 2.33. The second-order valence-corrected chi connectivity index (χ2v) is 4.75. The number of carboxylic acid groups (broad SMARTS) is 1. The Labute approximate surface area is 112 Å². The second kappa shape index (κ2) is 5.81. The first-order valence-corrected chi connectivity index (χ1v) is 5.56. The van der Waals surface area contributed by atoms with Crippen molar-refractivity contribution in [3.05, 3.63) is 29.6 Å². The van der Waals surface area contributed by atoms with Crippen LogP contribution in [0, 0.1) is 22.9 Å². The number of anilines is 1. The number of carbonyl (C=O) groups is 2. The molecule has 1 aromatic carbocycles. The van der Waals surface area contributed by atoms with Gasteiger partial charge in [-0.1, -0.05) is 0 Å². The molecular formula is C12H13F3N2O3. The zero-order valence-corrected chi connectivity index (χ0v) is 10.8. The Kier molecular flexibility index (Phi) is 4.59. The minimum Gasteiger partial charge on any atom is -0.481 e. The number of nitrogens with one attached hydrogen (secondary N) is 2. The maximum absolute atomic E-state index is 13.3. The van der Waals surface area contributed by atoms with Gasteiger partial charge in [0.1, 0.15) is 5.82 Å². The Hall–Kier alpha value is -2.25. The summed E-state index contributed by atoms with van der Waals surface area (Å²) in [6, 6.07) is -0.0186. The molecule has 0 bridgehead atoms. The Balaban J connectivity index is 2.71. The van der Waals surface area contributed by atoms with Gasteiger partial charge in [0.2, 0.25) is 0 Å². The molecule has 0 aliphatic carbocycles. The maximum Gasteiger partial charge on any atom is 0.319 e. The molecule has 20 heavy (non-hydrogen) atoms. The van der Waals surface area contributed by atoms with E-state index in [2.05, 4.69) is 5.32 Å². The third-order valence-electron chi connectivity index (χ3n) is 2.51. The quantitative estimate of drug-likeness (QED) is 0.745. The highest BCUT2D eigenvalue weighted by molar-refractivity contribution is 5.89. The average molecular weight is 290 g/mol. The summed E-state index contributed by atoms with van der Waals surface area (Å²) < 4.78 is 39.1. The summed E-state index contributed by atoms with van der Waals surface area (Å²) in [5.74, 6) is -5.03. The number of halogens is 3. The van der Waals surface area contributed by atoms with Crippen LogP contribution in [0.25, 0.3) is 0 Å². The van der Waals surface area contributed by atoms with Crippen molar-refractivity contribution < 1.29 is 27.9 Å². The van der Waals surface area contributed by atoms with Crippen LogP contribution >= 0.6 is 0 Å². The van der Waals surface area contributed by atoms with Crippen molar-refractivity contribution in [3.8, 4) is 0 Å². The van der Waals surface area contributed by atoms with E-state index >= 15 is 0 Å². The Morgan fingerprint density at radius 1 is 1.25 bits per heavy atom. The molecule has 0 saturated heterocycles. The standard InChI is InChI=1S/C12H13F3N2O3/c1-12(2,10(18)19)5-16-11(20)17-8-4-6(13)3-7(14)9(8)15/h3-4H,5H2,1-2H3,(H,18,19)(H2,16,17,20). The lowest BCUT2D eigenvalue weighted by Gasteiger charge is -2.19. The van der Waals surface area contributed by atoms with Crippen LogP contribution in [0.2, 0.25) is 0 Å². The van der Waals surface area contributed by atoms with Crippen LogP contribution < -0.4 is 10.6 Å². The largest absolute Gasteiger partial charge is 0.481 e. The smallest absolute Gasteiger partial charge is 0.319 e. The zero-order chi connectivity index (χ0) is 15.5. The predicted molar refractivity (Wildman–Crippen MR) is 64.8 cm³/mol. The number of hydrogen-bond donors (Lipinski definition) is 3. The van der Waals surface area contributed by atoms with E-state index in [1.165, 1.54) is 13.8 Å². The van der Waals surface area contributed by atoms with Crippen molar-refractivity contribution in [1.82, 2.24) is 5.32 Å². The van der Waals surface area contributed by atoms with Gasteiger partial charge >= 0.3 is 12.0 Å². The van der Waals surface area contributed by atoms with Crippen LogP contribution in [-0.2, 0) is 4.79 Å². The van der Waals surface area contributed by atoms with Crippen molar-refractivity contribution in [2.24, 2.45) is 5.41 Å². The fourth-order valence-electron chi connectivity index (χ4n) is 1.19. The lowest BCUT2D eigenvalue weighted by atomic mass is 9.94. The van der Waals surface area contributed by atoms with Crippen molar-refractivity contribution in [1.29, 1.82) is 0 Å². The first-order chi connectivity index (χ1) is 9.13. The molecule has 0 atom stereocenters. The van der Waals surface area contributed by atoms with Crippen LogP contribution in [0.15, 0.2) is 12.1 Å². The summed E-state index contributed by atoms with van der Waals surface area (Å²) >= 11 is 0. The molecule has 1 rings (SSSR count). The molecule has 0 aliphatic rings. The molecule has 5 nitrogen and oxygen atoms in total. The first kappa shape index (κ1) is 15.8. The second-order valence-electron chi connectivity index (χ2n) is 4.75. The highest BCUT2D eigenvalue weighted by atomic mass is 19.2. The third-order valence-corrected chi connectivity index (χ3v) is 2.51. The van der Waals surface area contributed by atoms with Crippen LogP contribution in [0.3, 0.4) is 0 Å². The highest BCUT2D eigenvalue weighted by Gasteiger charge is 2.27. The van der Waals surface area contributed by atoms with E-state index < -0.39 is 40.6 Å². The van der Waals surface area contributed by atoms with Crippen LogP contribution in [-0.4, -0.2) is 23.7 Å². The van der Waals surface area contributed by atoms with E-state index in [0.717, 1.165) is 0 Å². The van der Waals surface area contributed by atoms with Crippen LogP contribution in [0.1, 0.15) is 13.8 Å². The van der Waals surface area contributed by atoms with E-state index in [4.69, 9.17) is 5.11 Å². The summed E-state index contributed by atoms with van der Waals surface area (Å²) in [5.41, 5.74) is -1.91. The molecular weight excluding hydrogens is 277 g/mol. The van der Waals surface area contributed by atoms with Crippen molar-refractivity contribution in [2.75, 3.05) is 11.9 Å². The third kappa shape index (κ3) is 3.87. The van der Waals surface area contributed by atoms with E-state index in [0.29, 0.717) is 12.1 Å². The Bertz CT molecular complexity index is 547. The molecule has 3 N–H and O–H groups in total. The Morgan fingerprint density at radius 3 is 2.40 bits per heavy atom. The van der Waals surface area contributed by atoms with Gasteiger partial charge in [0.15, 0.2) is 11.6 Å². The number of hydrogen-bond acceptors (Lipinski definition) is 2. The summed E-state index contributed by atoms with van der Waals surface area (Å²) in [5, 5.41) is 12.9. The number of rotatable bonds is 4. The number of aliphatic carboxylic acids is 1. The molecule has 0 unspecified atom stereocenters. The van der Waals surface area contributed by atoms with Gasteiger partial charge in [-0.3, -0.25) is 4.79 Å². The summed E-state index contributed by atoms with van der Waals surface area (Å²) in [6.07, 6.45) is 0. The Morgan fingerprint density at radius 2 is 1.85 bits per heavy atom. The van der Waals surface area contributed by atoms with Crippen LogP contribution in [0.5, 0.6) is 0 Å². The van der Waals surface area contributed by atoms with Gasteiger partial charge in [-0.15, -0.1) is 0 Å². The van der Waals surface area contributed by atoms with Crippen molar-refractivity contribution in [3.63, 3.8) is 0 Å². The normalized spacial score (nSPS) is 11.1. The van der Waals surface area contributed by atoms with Gasteiger partial charge in [-0.05, 0) is 13.8 Å². The SMILES string of the molecule is CC(C)(CNC(=O)Nc1cc(F)cc(F)c1F)C(=O)O. The van der Waals surface area contributed by atoms with Gasteiger partial charge in [-0.25, -0.2) is 18.0 Å². The zero-order valence-electron chi connectivity index (χ0n) is 10.8. The van der Waals surface area contributed by atoms with E-state index in [9.17, 15) is 22.8 Å². The van der Waals surface area contributed by atoms with E-state index in [1.54, 1.807) is 0 Å². The molecule has 0 radical (unpaired) electrons. The lowest BCUT2D eigenvalue weighted by Crippen LogP contribution is -2.40. The van der Waals surface area contributed by atoms with Crippen molar-refractivity contribution in [2.45, 2.75) is 13.8 Å². The number of carboxylic acids is 1. The van der Waals surface area contributed by atoms with Crippen LogP contribution in [0.4, 0.5) is 23.7 Å². The van der Waals surface area contributed by atoms with Gasteiger partial charge in [0.25, 0.3) is 0 Å². The van der Waals surface area contributed by atoms with Gasteiger partial charge in [0, 0.05) is 18.7 Å². The minimum atomic E-state index is -1.44. The summed E-state index contributed by atoms with van der Waals surface area (Å²) in [4.78, 5) is 22.2. The number of urea groups is 1. The summed E-state index contributed by atoms with van der Waals surface area (Å²) in [6.45, 7) is 2.50. The van der Waals surface area contributed by atoms with Gasteiger partial charge in [0.05, 0.1) is 11.1 Å². The monoisotopic (exact) mass is 290 g/mol. The fourth-order valence-corrected chi connectivity index (χ4v) is 1.19. The van der Waals surface area contributed by atoms with E-state index in [1.807, 2.05) is 5.32 Å². The topological polar surface area (TPSA) is 78.4 Å². The van der Waals surface area contributed by atoms with Gasteiger partial charge < -0.3 is 15.7 Å². The van der Waals surface area contributed by atoms with Crippen molar-refractivity contribution >= 4 is 17.7 Å². The molecule has 110 valence electrons. The molecule has 2 amide bonds. The molecule has 0 saturated carbocycles. The number of benzene rings is 1. The molecule has 0 aliphatic heterocycles. The molecule has 0 aromatic heterocycles. The molecule has 0 heterocycles. The summed E-state index contributed by atoms with van der Waals surface area (Å²) in [7, 11) is 0. The molecule has 0 fully saturated rings. The fraction of sp³-hybridized carbons (Fsp3) is 0.333. The minimum absolute atomic E-state index is 0.242.